The molecule has 0 amide bonds. The molecule has 0 unspecified atom stereocenters. The molecule has 20 heavy (non-hydrogen) atoms. The fourth-order valence-electron chi connectivity index (χ4n) is 1.50. The summed E-state index contributed by atoms with van der Waals surface area (Å²) < 4.78 is 26.9. The smallest absolute Gasteiger partial charge is 0.263 e. The van der Waals surface area contributed by atoms with Gasteiger partial charge in [-0.05, 0) is 36.4 Å². The average molecular weight is 352 g/mol. The molecule has 3 N–H and O–H groups in total. The Morgan fingerprint density at radius 2 is 1.65 bits per heavy atom. The van der Waals surface area contributed by atoms with Crippen molar-refractivity contribution in [3.63, 3.8) is 0 Å². The fourth-order valence-corrected chi connectivity index (χ4v) is 3.63. The van der Waals surface area contributed by atoms with Gasteiger partial charge in [-0.1, -0.05) is 34.8 Å². The molecule has 2 aromatic rings. The topological polar surface area (TPSA) is 72.2 Å². The van der Waals surface area contributed by atoms with Crippen molar-refractivity contribution in [1.82, 2.24) is 0 Å². The number of sulfonamides is 1. The van der Waals surface area contributed by atoms with Crippen molar-refractivity contribution >= 4 is 56.2 Å². The minimum Gasteiger partial charge on any atom is -0.399 e. The number of rotatable bonds is 3. The second-order valence-corrected chi connectivity index (χ2v) is 6.82. The van der Waals surface area contributed by atoms with Crippen LogP contribution < -0.4 is 10.5 Å². The van der Waals surface area contributed by atoms with Crippen LogP contribution in [0.1, 0.15) is 0 Å². The number of anilines is 2. The molecule has 0 spiro atoms. The molecule has 2 aromatic carbocycles. The van der Waals surface area contributed by atoms with Gasteiger partial charge in [0.25, 0.3) is 10.0 Å². The second-order valence-electron chi connectivity index (χ2n) is 3.92. The zero-order valence-corrected chi connectivity index (χ0v) is 13.0. The van der Waals surface area contributed by atoms with Gasteiger partial charge in [0.1, 0.15) is 4.90 Å². The Hall–Kier alpha value is -1.14. The standard InChI is InChI=1S/C12H9Cl3N2O2S/c13-7-1-3-9(14)12(5-7)20(18,19)17-11-4-2-8(16)6-10(11)15/h1-6,17H,16H2. The Kier molecular flexibility index (Phi) is 4.34. The maximum atomic E-state index is 12.3. The van der Waals surface area contributed by atoms with Gasteiger partial charge in [-0.25, -0.2) is 8.42 Å². The summed E-state index contributed by atoms with van der Waals surface area (Å²) in [4.78, 5) is -0.125. The zero-order valence-electron chi connectivity index (χ0n) is 9.90. The van der Waals surface area contributed by atoms with Crippen LogP contribution >= 0.6 is 34.8 Å². The lowest BCUT2D eigenvalue weighted by Crippen LogP contribution is -2.14. The minimum absolute atomic E-state index is 0.0634. The molecule has 0 aliphatic carbocycles. The molecular formula is C12H9Cl3N2O2S. The van der Waals surface area contributed by atoms with Crippen LogP contribution in [0.15, 0.2) is 41.3 Å². The van der Waals surface area contributed by atoms with Crippen LogP contribution in [0, 0.1) is 0 Å². The number of benzene rings is 2. The van der Waals surface area contributed by atoms with Crippen molar-refractivity contribution in [3.05, 3.63) is 51.5 Å². The van der Waals surface area contributed by atoms with Crippen LogP contribution in [-0.4, -0.2) is 8.42 Å². The number of nitrogen functional groups attached to an aromatic ring is 1. The number of hydrogen-bond acceptors (Lipinski definition) is 3. The lowest BCUT2D eigenvalue weighted by molar-refractivity contribution is 0.601. The summed E-state index contributed by atoms with van der Waals surface area (Å²) in [6.07, 6.45) is 0. The molecule has 0 bridgehead atoms. The van der Waals surface area contributed by atoms with Crippen LogP contribution in [0.2, 0.25) is 15.1 Å². The first-order valence-corrected chi connectivity index (χ1v) is 7.94. The summed E-state index contributed by atoms with van der Waals surface area (Å²) in [5, 5.41) is 0.512. The third-order valence-corrected chi connectivity index (χ3v) is 4.82. The molecule has 0 fully saturated rings. The quantitative estimate of drug-likeness (QED) is 0.820. The summed E-state index contributed by atoms with van der Waals surface area (Å²) in [5.41, 5.74) is 6.18. The number of nitrogens with two attached hydrogens (primary N) is 1. The largest absolute Gasteiger partial charge is 0.399 e. The fraction of sp³-hybridized carbons (Fsp3) is 0. The van der Waals surface area contributed by atoms with E-state index in [4.69, 9.17) is 40.5 Å². The van der Waals surface area contributed by atoms with E-state index < -0.39 is 10.0 Å². The Morgan fingerprint density at radius 3 is 2.30 bits per heavy atom. The van der Waals surface area contributed by atoms with Gasteiger partial charge in [0.2, 0.25) is 0 Å². The van der Waals surface area contributed by atoms with Crippen LogP contribution in [0.3, 0.4) is 0 Å². The van der Waals surface area contributed by atoms with E-state index in [2.05, 4.69) is 4.72 Å². The first kappa shape index (κ1) is 15.3. The maximum Gasteiger partial charge on any atom is 0.263 e. The molecule has 0 aliphatic rings. The summed E-state index contributed by atoms with van der Waals surface area (Å²) >= 11 is 17.6. The molecule has 0 saturated carbocycles. The molecular weight excluding hydrogens is 343 g/mol. The predicted octanol–water partition coefficient (Wildman–Crippen LogP) is 4.03. The summed E-state index contributed by atoms with van der Waals surface area (Å²) in [6, 6.07) is 8.61. The van der Waals surface area contributed by atoms with Crippen LogP contribution in [0.5, 0.6) is 0 Å². The van der Waals surface area contributed by atoms with Crippen molar-refractivity contribution in [3.8, 4) is 0 Å². The monoisotopic (exact) mass is 350 g/mol. The molecule has 4 nitrogen and oxygen atoms in total. The van der Waals surface area contributed by atoms with Crippen molar-refractivity contribution in [2.24, 2.45) is 0 Å². The number of nitrogens with one attached hydrogen (secondary N) is 1. The van der Waals surface area contributed by atoms with E-state index in [1.54, 1.807) is 0 Å². The molecule has 0 saturated heterocycles. The van der Waals surface area contributed by atoms with Crippen molar-refractivity contribution in [2.75, 3.05) is 10.5 Å². The van der Waals surface area contributed by atoms with Gasteiger partial charge in [-0.2, -0.15) is 0 Å². The first-order chi connectivity index (χ1) is 9.29. The molecule has 2 rings (SSSR count). The predicted molar refractivity (Wildman–Crippen MR) is 83.1 cm³/mol. The van der Waals surface area contributed by atoms with Gasteiger partial charge in [0, 0.05) is 10.7 Å². The third kappa shape index (κ3) is 3.30. The summed E-state index contributed by atoms with van der Waals surface area (Å²) in [6.45, 7) is 0. The van der Waals surface area contributed by atoms with E-state index in [0.29, 0.717) is 5.69 Å². The van der Waals surface area contributed by atoms with E-state index in [9.17, 15) is 8.42 Å². The molecule has 8 heteroatoms. The number of hydrogen-bond donors (Lipinski definition) is 2. The normalized spacial score (nSPS) is 11.3. The Bertz CT molecular complexity index is 763. The third-order valence-electron chi connectivity index (χ3n) is 2.42. The van der Waals surface area contributed by atoms with Gasteiger partial charge >= 0.3 is 0 Å². The SMILES string of the molecule is Nc1ccc(NS(=O)(=O)c2cc(Cl)ccc2Cl)c(Cl)c1. The summed E-state index contributed by atoms with van der Waals surface area (Å²) in [5.74, 6) is 0. The van der Waals surface area contributed by atoms with Gasteiger partial charge < -0.3 is 5.73 Å². The van der Waals surface area contributed by atoms with E-state index >= 15 is 0 Å². The highest BCUT2D eigenvalue weighted by Crippen LogP contribution is 2.30. The van der Waals surface area contributed by atoms with Gasteiger partial charge in [0.05, 0.1) is 15.7 Å². The minimum atomic E-state index is -3.89. The average Bonchev–Trinajstić information content (AvgIpc) is 2.35. The van der Waals surface area contributed by atoms with E-state index in [1.165, 1.54) is 36.4 Å². The van der Waals surface area contributed by atoms with E-state index in [-0.39, 0.29) is 25.7 Å². The molecule has 0 heterocycles. The van der Waals surface area contributed by atoms with Gasteiger partial charge in [-0.15, -0.1) is 0 Å². The first-order valence-electron chi connectivity index (χ1n) is 5.32. The molecule has 0 aliphatic heterocycles. The molecule has 0 radical (unpaired) electrons. The van der Waals surface area contributed by atoms with Crippen molar-refractivity contribution < 1.29 is 8.42 Å². The van der Waals surface area contributed by atoms with Crippen molar-refractivity contribution in [1.29, 1.82) is 0 Å². The highest BCUT2D eigenvalue weighted by atomic mass is 35.5. The van der Waals surface area contributed by atoms with E-state index in [0.717, 1.165) is 0 Å². The Morgan fingerprint density at radius 1 is 0.950 bits per heavy atom. The molecule has 106 valence electrons. The maximum absolute atomic E-state index is 12.3. The highest BCUT2D eigenvalue weighted by Gasteiger charge is 2.19. The Balaban J connectivity index is 2.43. The van der Waals surface area contributed by atoms with Crippen LogP contribution in [-0.2, 0) is 10.0 Å². The Labute approximate surface area is 131 Å². The summed E-state index contributed by atoms with van der Waals surface area (Å²) in [7, 11) is -3.89. The lowest BCUT2D eigenvalue weighted by Gasteiger charge is -2.11. The van der Waals surface area contributed by atoms with Gasteiger partial charge in [-0.3, -0.25) is 4.72 Å². The highest BCUT2D eigenvalue weighted by molar-refractivity contribution is 7.92. The van der Waals surface area contributed by atoms with E-state index in [1.807, 2.05) is 0 Å². The molecule has 0 aromatic heterocycles. The lowest BCUT2D eigenvalue weighted by atomic mass is 10.3. The molecule has 0 atom stereocenters. The zero-order chi connectivity index (χ0) is 14.9. The second kappa shape index (κ2) is 5.69. The van der Waals surface area contributed by atoms with Gasteiger partial charge in [0.15, 0.2) is 0 Å². The number of halogens is 3. The van der Waals surface area contributed by atoms with Crippen LogP contribution in [0.4, 0.5) is 11.4 Å². The van der Waals surface area contributed by atoms with Crippen molar-refractivity contribution in [2.45, 2.75) is 4.90 Å². The van der Waals surface area contributed by atoms with Crippen LogP contribution in [0.25, 0.3) is 0 Å².